The third kappa shape index (κ3) is 3.62. The van der Waals surface area contributed by atoms with Gasteiger partial charge < -0.3 is 10.1 Å². The van der Waals surface area contributed by atoms with Gasteiger partial charge in [-0.3, -0.25) is 4.79 Å². The average molecular weight is 338 g/mol. The van der Waals surface area contributed by atoms with Crippen LogP contribution in [-0.4, -0.2) is 25.2 Å². The van der Waals surface area contributed by atoms with Crippen LogP contribution < -0.4 is 10.1 Å². The van der Waals surface area contributed by atoms with Crippen molar-refractivity contribution in [3.8, 4) is 5.75 Å². The van der Waals surface area contributed by atoms with Crippen molar-refractivity contribution < 1.29 is 22.7 Å². The normalized spacial score (nSPS) is 16.9. The number of amides is 1. The summed E-state index contributed by atoms with van der Waals surface area (Å²) in [5.74, 6) is 0.0616. The Bertz CT molecular complexity index is 490. The molecule has 7 heteroatoms. The zero-order chi connectivity index (χ0) is 14.0. The Balaban J connectivity index is 2.27. The van der Waals surface area contributed by atoms with Gasteiger partial charge in [-0.05, 0) is 17.7 Å². The van der Waals surface area contributed by atoms with Crippen LogP contribution in [0.3, 0.4) is 0 Å². The third-order valence-electron chi connectivity index (χ3n) is 2.67. The molecule has 2 rings (SSSR count). The van der Waals surface area contributed by atoms with Crippen molar-refractivity contribution in [3.05, 3.63) is 29.3 Å². The monoisotopic (exact) mass is 337 g/mol. The van der Waals surface area contributed by atoms with Crippen molar-refractivity contribution in [1.82, 2.24) is 5.32 Å². The lowest BCUT2D eigenvalue weighted by Crippen LogP contribution is -2.24. The number of rotatable bonds is 2. The summed E-state index contributed by atoms with van der Waals surface area (Å²) in [6, 6.07) is 4.49. The van der Waals surface area contributed by atoms with Crippen molar-refractivity contribution in [1.29, 1.82) is 0 Å². The Labute approximate surface area is 116 Å². The summed E-state index contributed by atoms with van der Waals surface area (Å²) >= 11 is 3.00. The van der Waals surface area contributed by atoms with Gasteiger partial charge in [-0.1, -0.05) is 22.0 Å². The van der Waals surface area contributed by atoms with Gasteiger partial charge in [0.2, 0.25) is 0 Å². The van der Waals surface area contributed by atoms with Crippen molar-refractivity contribution in [2.45, 2.75) is 17.4 Å². The van der Waals surface area contributed by atoms with Gasteiger partial charge in [0.15, 0.2) is 0 Å². The Morgan fingerprint density at radius 3 is 2.84 bits per heavy atom. The van der Waals surface area contributed by atoms with Crippen molar-refractivity contribution in [2.24, 2.45) is 0 Å². The standard InChI is InChI=1S/C12H11BrF3NO2/c13-9(6-12(14,15)16)7-1-2-10-8(5-7)11(18)17-3-4-19-10/h1-2,5,9H,3-4,6H2,(H,17,18). The van der Waals surface area contributed by atoms with Gasteiger partial charge >= 0.3 is 6.18 Å². The fourth-order valence-corrected chi connectivity index (χ4v) is 2.44. The van der Waals surface area contributed by atoms with Crippen molar-refractivity contribution >= 4 is 21.8 Å². The summed E-state index contributed by atoms with van der Waals surface area (Å²) in [7, 11) is 0. The molecule has 1 aliphatic heterocycles. The van der Waals surface area contributed by atoms with Crippen LogP contribution in [-0.2, 0) is 0 Å². The maximum absolute atomic E-state index is 12.3. The van der Waals surface area contributed by atoms with Gasteiger partial charge in [0.1, 0.15) is 12.4 Å². The fraction of sp³-hybridized carbons (Fsp3) is 0.417. The van der Waals surface area contributed by atoms with Crippen LogP contribution in [0.2, 0.25) is 0 Å². The lowest BCUT2D eigenvalue weighted by atomic mass is 10.0. The summed E-state index contributed by atoms with van der Waals surface area (Å²) in [4.78, 5) is 10.9. The number of benzene rings is 1. The Kier molecular flexibility index (Phi) is 4.03. The third-order valence-corrected chi connectivity index (χ3v) is 3.52. The van der Waals surface area contributed by atoms with Crippen LogP contribution >= 0.6 is 15.9 Å². The van der Waals surface area contributed by atoms with Crippen LogP contribution in [0.4, 0.5) is 13.2 Å². The number of hydrogen-bond acceptors (Lipinski definition) is 2. The van der Waals surface area contributed by atoms with E-state index in [-0.39, 0.29) is 11.5 Å². The molecule has 19 heavy (non-hydrogen) atoms. The first-order chi connectivity index (χ1) is 8.87. The molecule has 0 spiro atoms. The van der Waals surface area contributed by atoms with Gasteiger partial charge in [-0.2, -0.15) is 13.2 Å². The minimum absolute atomic E-state index is 0.265. The maximum Gasteiger partial charge on any atom is 0.390 e. The summed E-state index contributed by atoms with van der Waals surface area (Å²) in [5, 5.41) is 2.61. The second-order valence-corrected chi connectivity index (χ2v) is 5.25. The molecule has 0 aromatic heterocycles. The first-order valence-corrected chi connectivity index (χ1v) is 6.54. The predicted molar refractivity (Wildman–Crippen MR) is 66.6 cm³/mol. The van der Waals surface area contributed by atoms with Gasteiger partial charge in [0.05, 0.1) is 18.5 Å². The number of carbonyl (C=O) groups is 1. The van der Waals surface area contributed by atoms with E-state index in [0.29, 0.717) is 24.5 Å². The molecule has 0 saturated heterocycles. The van der Waals surface area contributed by atoms with Crippen LogP contribution in [0, 0.1) is 0 Å². The quantitative estimate of drug-likeness (QED) is 0.841. The molecule has 104 valence electrons. The van der Waals surface area contributed by atoms with Gasteiger partial charge in [0.25, 0.3) is 5.91 Å². The molecule has 0 bridgehead atoms. The highest BCUT2D eigenvalue weighted by molar-refractivity contribution is 9.09. The lowest BCUT2D eigenvalue weighted by Gasteiger charge is -2.14. The first kappa shape index (κ1) is 14.2. The topological polar surface area (TPSA) is 38.3 Å². The second-order valence-electron chi connectivity index (χ2n) is 4.15. The van der Waals surface area contributed by atoms with Crippen LogP contribution in [0.5, 0.6) is 5.75 Å². The summed E-state index contributed by atoms with van der Waals surface area (Å²) in [6.45, 7) is 0.724. The maximum atomic E-state index is 12.3. The summed E-state index contributed by atoms with van der Waals surface area (Å²) in [6.07, 6.45) is -5.26. The number of alkyl halides is 4. The molecule has 0 radical (unpaired) electrons. The molecule has 1 aromatic rings. The highest BCUT2D eigenvalue weighted by atomic mass is 79.9. The Morgan fingerprint density at radius 2 is 2.16 bits per heavy atom. The van der Waals surface area contributed by atoms with Gasteiger partial charge in [-0.25, -0.2) is 0 Å². The minimum atomic E-state index is -4.26. The molecule has 1 atom stereocenters. The number of nitrogens with one attached hydrogen (secondary N) is 1. The van der Waals surface area contributed by atoms with E-state index < -0.39 is 17.4 Å². The van der Waals surface area contributed by atoms with Crippen molar-refractivity contribution in [2.75, 3.05) is 13.2 Å². The number of hydrogen-bond donors (Lipinski definition) is 1. The molecular formula is C12H11BrF3NO2. The highest BCUT2D eigenvalue weighted by Gasteiger charge is 2.32. The zero-order valence-corrected chi connectivity index (χ0v) is 11.3. The molecule has 1 amide bonds. The summed E-state index contributed by atoms with van der Waals surface area (Å²) in [5.41, 5.74) is 0.665. The van der Waals surface area contributed by atoms with E-state index in [1.807, 2.05) is 0 Å². The van der Waals surface area contributed by atoms with E-state index in [1.54, 1.807) is 0 Å². The van der Waals surface area contributed by atoms with Crippen LogP contribution in [0.1, 0.15) is 27.2 Å². The minimum Gasteiger partial charge on any atom is -0.491 e. The van der Waals surface area contributed by atoms with Crippen molar-refractivity contribution in [3.63, 3.8) is 0 Å². The molecule has 0 fully saturated rings. The molecule has 0 aliphatic carbocycles. The van der Waals surface area contributed by atoms with Gasteiger partial charge in [-0.15, -0.1) is 0 Å². The van der Waals surface area contributed by atoms with E-state index in [1.165, 1.54) is 18.2 Å². The largest absolute Gasteiger partial charge is 0.491 e. The second kappa shape index (κ2) is 5.40. The number of halogens is 4. The number of carbonyl (C=O) groups excluding carboxylic acids is 1. The molecule has 0 saturated carbocycles. The predicted octanol–water partition coefficient (Wildman–Crippen LogP) is 3.20. The van der Waals surface area contributed by atoms with E-state index >= 15 is 0 Å². The molecule has 1 aliphatic rings. The molecule has 1 unspecified atom stereocenters. The van der Waals surface area contributed by atoms with E-state index in [4.69, 9.17) is 4.74 Å². The van der Waals surface area contributed by atoms with Crippen LogP contribution in [0.15, 0.2) is 18.2 Å². The number of ether oxygens (including phenoxy) is 1. The molecule has 3 nitrogen and oxygen atoms in total. The zero-order valence-electron chi connectivity index (χ0n) is 9.76. The molecule has 1 N–H and O–H groups in total. The highest BCUT2D eigenvalue weighted by Crippen LogP contribution is 2.37. The van der Waals surface area contributed by atoms with E-state index in [0.717, 1.165) is 0 Å². The Morgan fingerprint density at radius 1 is 1.42 bits per heavy atom. The van der Waals surface area contributed by atoms with E-state index in [9.17, 15) is 18.0 Å². The molecule has 1 heterocycles. The molecular weight excluding hydrogens is 327 g/mol. The Hall–Kier alpha value is -1.24. The van der Waals surface area contributed by atoms with Crippen LogP contribution in [0.25, 0.3) is 0 Å². The molecule has 1 aromatic carbocycles. The average Bonchev–Trinajstić information content (AvgIpc) is 2.49. The smallest absolute Gasteiger partial charge is 0.390 e. The summed E-state index contributed by atoms with van der Waals surface area (Å²) < 4.78 is 42.3. The van der Waals surface area contributed by atoms with Gasteiger partial charge in [0, 0.05) is 4.83 Å². The SMILES string of the molecule is O=C1NCCOc2ccc(C(Br)CC(F)(F)F)cc21. The lowest BCUT2D eigenvalue weighted by molar-refractivity contribution is -0.134. The fourth-order valence-electron chi connectivity index (χ4n) is 1.79. The van der Waals surface area contributed by atoms with E-state index in [2.05, 4.69) is 21.2 Å². The first-order valence-electron chi connectivity index (χ1n) is 5.62. The number of fused-ring (bicyclic) bond motifs is 1.